The number of nitrogens with one attached hydrogen (secondary N) is 1. The Morgan fingerprint density at radius 1 is 1.27 bits per heavy atom. The molecule has 3 atom stereocenters. The second-order valence-electron chi connectivity index (χ2n) is 9.30. The molecular formula is C28H30ClN6O4S2+. The first kappa shape index (κ1) is 29.2. The maximum Gasteiger partial charge on any atom is 0.356 e. The van der Waals surface area contributed by atoms with Gasteiger partial charge in [0.25, 0.3) is 17.7 Å². The third-order valence-electron chi connectivity index (χ3n) is 6.68. The van der Waals surface area contributed by atoms with Crippen molar-refractivity contribution in [1.82, 2.24) is 15.4 Å². The van der Waals surface area contributed by atoms with Crippen molar-refractivity contribution >= 4 is 58.2 Å². The van der Waals surface area contributed by atoms with E-state index in [1.807, 2.05) is 67.6 Å². The number of hydrazone groups is 1. The maximum atomic E-state index is 14.0. The fourth-order valence-electron chi connectivity index (χ4n) is 4.51. The molecule has 214 valence electrons. The van der Waals surface area contributed by atoms with Crippen LogP contribution >= 0.6 is 35.3 Å². The van der Waals surface area contributed by atoms with Gasteiger partial charge in [-0.05, 0) is 29.2 Å². The average Bonchev–Trinajstić information content (AvgIpc) is 3.28. The first-order chi connectivity index (χ1) is 19.9. The molecule has 1 amide bonds. The number of thioether (sulfide) groups is 2. The molecule has 1 N–H and O–H groups in total. The zero-order valence-corrected chi connectivity index (χ0v) is 25.2. The van der Waals surface area contributed by atoms with Crippen molar-refractivity contribution in [3.8, 4) is 0 Å². The summed E-state index contributed by atoms with van der Waals surface area (Å²) >= 11 is 9.48. The maximum absolute atomic E-state index is 14.0. The van der Waals surface area contributed by atoms with Crippen LogP contribution in [0.4, 0.5) is 0 Å². The number of benzene rings is 2. The summed E-state index contributed by atoms with van der Waals surface area (Å²) in [5.41, 5.74) is 5.45. The summed E-state index contributed by atoms with van der Waals surface area (Å²) in [5.74, 6) is 2.87. The molecule has 1 unspecified atom stereocenters. The second-order valence-corrected chi connectivity index (χ2v) is 11.8. The Bertz CT molecular complexity index is 1380. The van der Waals surface area contributed by atoms with E-state index in [-0.39, 0.29) is 17.0 Å². The quantitative estimate of drug-likeness (QED) is 0.193. The van der Waals surface area contributed by atoms with E-state index in [1.54, 1.807) is 29.9 Å². The molecule has 5 rings (SSSR count). The van der Waals surface area contributed by atoms with E-state index in [1.165, 1.54) is 23.8 Å². The summed E-state index contributed by atoms with van der Waals surface area (Å²) in [6, 6.07) is 19.1. The highest BCUT2D eigenvalue weighted by molar-refractivity contribution is 8.14. The van der Waals surface area contributed by atoms with Gasteiger partial charge in [-0.3, -0.25) is 9.69 Å². The molecule has 0 spiro atoms. The molecule has 0 bridgehead atoms. The van der Waals surface area contributed by atoms with Gasteiger partial charge in [0.15, 0.2) is 12.2 Å². The van der Waals surface area contributed by atoms with E-state index in [4.69, 9.17) is 21.3 Å². The number of quaternary nitrogens is 1. The lowest BCUT2D eigenvalue weighted by molar-refractivity contribution is -0.957. The van der Waals surface area contributed by atoms with Crippen LogP contribution < -0.4 is 5.53 Å². The number of rotatable bonds is 9. The van der Waals surface area contributed by atoms with Gasteiger partial charge in [0.2, 0.25) is 5.17 Å². The summed E-state index contributed by atoms with van der Waals surface area (Å²) in [7, 11) is 3.25. The van der Waals surface area contributed by atoms with Gasteiger partial charge in [0.05, 0.1) is 7.05 Å². The number of β-lactam (4-membered cyclic amide) rings is 1. The van der Waals surface area contributed by atoms with Gasteiger partial charge < -0.3 is 9.47 Å². The van der Waals surface area contributed by atoms with E-state index in [0.29, 0.717) is 16.7 Å². The number of amides is 1. The normalized spacial score (nSPS) is 23.3. The number of halogens is 1. The zero-order valence-electron chi connectivity index (χ0n) is 22.8. The highest BCUT2D eigenvalue weighted by Crippen LogP contribution is 2.43. The van der Waals surface area contributed by atoms with E-state index in [2.05, 4.69) is 21.6 Å². The zero-order chi connectivity index (χ0) is 29.0. The molecule has 13 heteroatoms. The predicted octanol–water partition coefficient (Wildman–Crippen LogP) is 4.39. The highest BCUT2D eigenvalue weighted by atomic mass is 35.5. The van der Waals surface area contributed by atoms with Crippen molar-refractivity contribution in [2.45, 2.75) is 30.9 Å². The van der Waals surface area contributed by atoms with Crippen molar-refractivity contribution in [2.75, 3.05) is 25.7 Å². The van der Waals surface area contributed by atoms with Crippen molar-refractivity contribution in [3.05, 3.63) is 89.1 Å². The lowest BCUT2D eigenvalue weighted by atomic mass is 10.0. The Balaban J connectivity index is 1.42. The van der Waals surface area contributed by atoms with E-state index in [0.717, 1.165) is 23.1 Å². The number of methoxy groups -OCH3 is 1. The number of hydrogen-bond acceptors (Lipinski definition) is 10. The van der Waals surface area contributed by atoms with Crippen LogP contribution in [0.1, 0.15) is 30.6 Å². The summed E-state index contributed by atoms with van der Waals surface area (Å²) in [6.45, 7) is 1.97. The number of allylic oxidation sites excluding steroid dienone is 1. The van der Waals surface area contributed by atoms with Crippen molar-refractivity contribution in [2.24, 2.45) is 10.2 Å². The fourth-order valence-corrected chi connectivity index (χ4v) is 7.16. The van der Waals surface area contributed by atoms with E-state index in [9.17, 15) is 9.59 Å². The third-order valence-corrected chi connectivity index (χ3v) is 9.48. The molecular weight excluding hydrogens is 584 g/mol. The number of amidine groups is 1. The molecule has 3 heterocycles. The first-order valence-electron chi connectivity index (χ1n) is 13.0. The van der Waals surface area contributed by atoms with Crippen LogP contribution in [0.5, 0.6) is 0 Å². The Labute approximate surface area is 252 Å². The molecule has 3 aliphatic rings. The molecule has 2 aromatic carbocycles. The number of nitrogens with zero attached hydrogens (tertiary/aromatic N) is 5. The number of carbonyl (C=O) groups is 2. The van der Waals surface area contributed by atoms with Gasteiger partial charge in [-0.25, -0.2) is 4.79 Å². The number of fused-ring (bicyclic) bond motifs is 1. The molecule has 41 heavy (non-hydrogen) atoms. The molecule has 1 saturated heterocycles. The topological polar surface area (TPSA) is 95.8 Å². The molecule has 0 saturated carbocycles. The number of hydrogen-bond donors (Lipinski definition) is 1. The lowest BCUT2D eigenvalue weighted by Crippen LogP contribution is -2.65. The summed E-state index contributed by atoms with van der Waals surface area (Å²) in [6.07, 6.45) is 1.28. The van der Waals surface area contributed by atoms with Crippen molar-refractivity contribution in [3.63, 3.8) is 0 Å². The minimum atomic E-state index is -0.647. The molecule has 10 nitrogen and oxygen atoms in total. The Morgan fingerprint density at radius 3 is 2.54 bits per heavy atom. The summed E-state index contributed by atoms with van der Waals surface area (Å²) in [4.78, 5) is 28.6. The highest BCUT2D eigenvalue weighted by Gasteiger charge is 2.54. The SMILES string of the molecule is CCC=C=N[N+]1(Cl)NN=C(SCC2=C(C(=O)OC(c3ccccc3)c3ccccc3)N3C(=O)[C@@H](OC)[C@@H]3SC2)N1C. The Hall–Kier alpha value is -3.25. The van der Waals surface area contributed by atoms with Crippen LogP contribution in [0.25, 0.3) is 0 Å². The third kappa shape index (κ3) is 5.90. The van der Waals surface area contributed by atoms with Crippen LogP contribution in [-0.4, -0.2) is 74.3 Å². The molecule has 0 aliphatic carbocycles. The van der Waals surface area contributed by atoms with Crippen LogP contribution in [0.3, 0.4) is 0 Å². The van der Waals surface area contributed by atoms with Crippen LogP contribution in [0, 0.1) is 0 Å². The largest absolute Gasteiger partial charge is 0.448 e. The van der Waals surface area contributed by atoms with Gasteiger partial charge in [-0.1, -0.05) is 90.0 Å². The number of ether oxygens (including phenoxy) is 2. The molecule has 1 fully saturated rings. The van der Waals surface area contributed by atoms with Gasteiger partial charge in [0, 0.05) is 29.6 Å². The standard InChI is InChI=1S/C28H30ClN6O4S2/c1-4-5-16-30-35(29)32-31-28(33(35)2)41-18-21-17-40-26-24(38-3)25(36)34(26)22(21)27(37)39-23(19-12-8-6-9-13-19)20-14-10-7-11-15-20/h5-15,23-24,26,32H,4,17-18H2,1-3H3/q+1/t24-,26+,35?/m1/s1. The van der Waals surface area contributed by atoms with Gasteiger partial charge in [-0.15, -0.1) is 16.8 Å². The minimum absolute atomic E-state index is 0.251. The van der Waals surface area contributed by atoms with E-state index >= 15 is 0 Å². The molecule has 0 radical (unpaired) electrons. The minimum Gasteiger partial charge on any atom is -0.448 e. The predicted molar refractivity (Wildman–Crippen MR) is 161 cm³/mol. The van der Waals surface area contributed by atoms with Gasteiger partial charge in [-0.2, -0.15) is 0 Å². The van der Waals surface area contributed by atoms with Crippen LogP contribution in [0.15, 0.2) is 88.2 Å². The monoisotopic (exact) mass is 613 g/mol. The van der Waals surface area contributed by atoms with E-state index < -0.39 is 22.5 Å². The fraction of sp³-hybridized carbons (Fsp3) is 0.321. The van der Waals surface area contributed by atoms with Gasteiger partial charge >= 0.3 is 5.97 Å². The number of carbonyl (C=O) groups excluding carboxylic acids is 2. The summed E-state index contributed by atoms with van der Waals surface area (Å²) < 4.78 is 11.1. The molecule has 2 aromatic rings. The average molecular weight is 614 g/mol. The number of esters is 1. The van der Waals surface area contributed by atoms with Crippen molar-refractivity contribution < 1.29 is 23.4 Å². The Kier molecular flexibility index (Phi) is 9.08. The second kappa shape index (κ2) is 12.7. The molecule has 0 aromatic heterocycles. The molecule has 3 aliphatic heterocycles. The first-order valence-corrected chi connectivity index (χ1v) is 15.4. The Morgan fingerprint density at radius 2 is 1.93 bits per heavy atom. The lowest BCUT2D eigenvalue weighted by Gasteiger charge is -2.49. The van der Waals surface area contributed by atoms with Crippen LogP contribution in [-0.2, 0) is 19.1 Å². The van der Waals surface area contributed by atoms with Crippen LogP contribution in [0.2, 0.25) is 0 Å². The smallest absolute Gasteiger partial charge is 0.356 e. The van der Waals surface area contributed by atoms with Crippen molar-refractivity contribution in [1.29, 1.82) is 0 Å². The summed E-state index contributed by atoms with van der Waals surface area (Å²) in [5, 5.41) is 10.4. The van der Waals surface area contributed by atoms with Gasteiger partial charge in [0.1, 0.15) is 15.4 Å².